The molecule has 226 valence electrons. The van der Waals surface area contributed by atoms with Gasteiger partial charge in [0.25, 0.3) is 0 Å². The molecule has 10 heteroatoms. The molecule has 2 unspecified atom stereocenters. The first-order chi connectivity index (χ1) is 19.4. The van der Waals surface area contributed by atoms with Crippen LogP contribution >= 0.6 is 23.5 Å². The fourth-order valence-corrected chi connectivity index (χ4v) is 5.75. The predicted octanol–water partition coefficient (Wildman–Crippen LogP) is 6.21. The summed E-state index contributed by atoms with van der Waals surface area (Å²) >= 11 is 3.43. The first-order valence-electron chi connectivity index (χ1n) is 14.3. The van der Waals surface area contributed by atoms with E-state index in [1.807, 2.05) is 27.7 Å². The average Bonchev–Trinajstić information content (AvgIpc) is 2.95. The van der Waals surface area contributed by atoms with Crippen LogP contribution in [0.1, 0.15) is 86.9 Å². The minimum Gasteiger partial charge on any atom is -0.466 e. The molecule has 0 bridgehead atoms. The molecule has 1 aromatic rings. The topological polar surface area (TPSA) is 105 Å². The molecular formula is C30H46O8S2. The minimum absolute atomic E-state index is 0.0725. The summed E-state index contributed by atoms with van der Waals surface area (Å²) in [7, 11) is 0. The SMILES string of the molecule is CCOC(=O)C(CC)CCSCCCOC(=O)c1ccccc1C(=O)OCCCSCCC(CC)C(=O)OCC. The Morgan fingerprint density at radius 2 is 1.02 bits per heavy atom. The van der Waals surface area contributed by atoms with E-state index in [2.05, 4.69) is 0 Å². The summed E-state index contributed by atoms with van der Waals surface area (Å²) in [5, 5.41) is 0. The third-order valence-corrected chi connectivity index (χ3v) is 8.35. The molecule has 0 N–H and O–H groups in total. The van der Waals surface area contributed by atoms with E-state index >= 15 is 0 Å². The summed E-state index contributed by atoms with van der Waals surface area (Å²) < 4.78 is 21.0. The second-order valence-electron chi connectivity index (χ2n) is 9.04. The van der Waals surface area contributed by atoms with Gasteiger partial charge in [0, 0.05) is 0 Å². The molecule has 0 spiro atoms. The zero-order valence-electron chi connectivity index (χ0n) is 24.4. The molecule has 0 radical (unpaired) electrons. The van der Waals surface area contributed by atoms with Crippen molar-refractivity contribution in [2.75, 3.05) is 49.4 Å². The van der Waals surface area contributed by atoms with Crippen molar-refractivity contribution in [3.05, 3.63) is 35.4 Å². The van der Waals surface area contributed by atoms with Crippen molar-refractivity contribution in [2.45, 2.75) is 66.2 Å². The summed E-state index contributed by atoms with van der Waals surface area (Å²) in [6, 6.07) is 6.51. The molecule has 0 aliphatic heterocycles. The standard InChI is InChI=1S/C30H46O8S2/c1-5-23(27(31)35-7-3)15-21-39-19-11-17-37-29(33)25-13-9-10-14-26(25)30(34)38-18-12-20-40-22-16-24(6-2)28(32)36-8-4/h9-10,13-14,23-24H,5-8,11-12,15-22H2,1-4H3. The van der Waals surface area contributed by atoms with Crippen molar-refractivity contribution in [2.24, 2.45) is 11.8 Å². The maximum atomic E-state index is 12.6. The number of carbonyl (C=O) groups is 4. The Labute approximate surface area is 248 Å². The number of thioether (sulfide) groups is 2. The summed E-state index contributed by atoms with van der Waals surface area (Å²) in [4.78, 5) is 49.0. The fourth-order valence-electron chi connectivity index (χ4n) is 3.80. The normalized spacial score (nSPS) is 12.3. The number of ether oxygens (including phenoxy) is 4. The van der Waals surface area contributed by atoms with E-state index in [0.29, 0.717) is 26.1 Å². The van der Waals surface area contributed by atoms with Gasteiger partial charge >= 0.3 is 23.9 Å². The first-order valence-corrected chi connectivity index (χ1v) is 16.6. The Hall–Kier alpha value is -2.20. The summed E-state index contributed by atoms with van der Waals surface area (Å²) in [6.07, 6.45) is 4.41. The quantitative estimate of drug-likeness (QED) is 0.0869. The number of rotatable bonds is 22. The van der Waals surface area contributed by atoms with Gasteiger partial charge in [-0.3, -0.25) is 9.59 Å². The lowest BCUT2D eigenvalue weighted by Crippen LogP contribution is -2.18. The smallest absolute Gasteiger partial charge is 0.339 e. The summed E-state index contributed by atoms with van der Waals surface area (Å²) in [5.41, 5.74) is 0.388. The first kappa shape index (κ1) is 35.8. The van der Waals surface area contributed by atoms with Crippen molar-refractivity contribution < 1.29 is 38.1 Å². The van der Waals surface area contributed by atoms with Crippen molar-refractivity contribution in [1.29, 1.82) is 0 Å². The largest absolute Gasteiger partial charge is 0.466 e. The number of carbonyl (C=O) groups excluding carboxylic acids is 4. The highest BCUT2D eigenvalue weighted by Gasteiger charge is 2.20. The van der Waals surface area contributed by atoms with Gasteiger partial charge in [0.2, 0.25) is 0 Å². The van der Waals surface area contributed by atoms with Crippen molar-refractivity contribution in [3.63, 3.8) is 0 Å². The van der Waals surface area contributed by atoms with Gasteiger partial charge < -0.3 is 18.9 Å². The molecule has 2 atom stereocenters. The maximum absolute atomic E-state index is 12.6. The van der Waals surface area contributed by atoms with E-state index in [9.17, 15) is 19.2 Å². The van der Waals surface area contributed by atoms with Crippen molar-refractivity contribution in [3.8, 4) is 0 Å². The molecule has 0 aliphatic carbocycles. The molecule has 0 saturated heterocycles. The number of hydrogen-bond donors (Lipinski definition) is 0. The van der Waals surface area contributed by atoms with Crippen molar-refractivity contribution >= 4 is 47.4 Å². The van der Waals surface area contributed by atoms with Gasteiger partial charge in [-0.05, 0) is 87.5 Å². The van der Waals surface area contributed by atoms with Gasteiger partial charge in [-0.25, -0.2) is 9.59 Å². The molecule has 1 aromatic carbocycles. The third-order valence-electron chi connectivity index (χ3n) is 6.15. The van der Waals surface area contributed by atoms with Gasteiger partial charge in [0.15, 0.2) is 0 Å². The Morgan fingerprint density at radius 3 is 1.38 bits per heavy atom. The Morgan fingerprint density at radius 1 is 0.625 bits per heavy atom. The molecular weight excluding hydrogens is 552 g/mol. The van der Waals surface area contributed by atoms with Crippen LogP contribution in [0.3, 0.4) is 0 Å². The molecule has 0 amide bonds. The van der Waals surface area contributed by atoms with E-state index in [0.717, 1.165) is 48.7 Å². The minimum atomic E-state index is -0.548. The Bertz CT molecular complexity index is 821. The zero-order valence-corrected chi connectivity index (χ0v) is 26.1. The Kier molecular flexibility index (Phi) is 20.1. The highest BCUT2D eigenvalue weighted by Crippen LogP contribution is 2.18. The summed E-state index contributed by atoms with van der Waals surface area (Å²) in [5.74, 6) is 1.77. The number of benzene rings is 1. The van der Waals surface area contributed by atoms with Crippen molar-refractivity contribution in [1.82, 2.24) is 0 Å². The highest BCUT2D eigenvalue weighted by molar-refractivity contribution is 7.99. The van der Waals surface area contributed by atoms with Gasteiger partial charge in [0.1, 0.15) is 0 Å². The second-order valence-corrected chi connectivity index (χ2v) is 11.5. The second kappa shape index (κ2) is 22.5. The molecule has 0 fully saturated rings. The van der Waals surface area contributed by atoms with Crippen LogP contribution in [-0.4, -0.2) is 73.3 Å². The van der Waals surface area contributed by atoms with E-state index in [4.69, 9.17) is 18.9 Å². The van der Waals surface area contributed by atoms with E-state index in [1.54, 1.807) is 47.8 Å². The van der Waals surface area contributed by atoms with Crippen LogP contribution in [-0.2, 0) is 28.5 Å². The van der Waals surface area contributed by atoms with Crippen LogP contribution in [0.4, 0.5) is 0 Å². The lowest BCUT2D eigenvalue weighted by molar-refractivity contribution is -0.149. The average molecular weight is 599 g/mol. The lowest BCUT2D eigenvalue weighted by atomic mass is 10.0. The van der Waals surface area contributed by atoms with Crippen LogP contribution in [0.2, 0.25) is 0 Å². The van der Waals surface area contributed by atoms with Gasteiger partial charge in [-0.15, -0.1) is 0 Å². The molecule has 1 rings (SSSR count). The molecule has 8 nitrogen and oxygen atoms in total. The lowest BCUT2D eigenvalue weighted by Gasteiger charge is -2.13. The Balaban J connectivity index is 2.31. The van der Waals surface area contributed by atoms with E-state index in [1.165, 1.54) is 0 Å². The van der Waals surface area contributed by atoms with Crippen LogP contribution in [0.15, 0.2) is 24.3 Å². The zero-order chi connectivity index (χ0) is 29.6. The molecule has 0 aromatic heterocycles. The van der Waals surface area contributed by atoms with Crippen LogP contribution in [0.5, 0.6) is 0 Å². The van der Waals surface area contributed by atoms with Gasteiger partial charge in [-0.2, -0.15) is 23.5 Å². The number of esters is 4. The van der Waals surface area contributed by atoms with Crippen LogP contribution in [0, 0.1) is 11.8 Å². The van der Waals surface area contributed by atoms with E-state index < -0.39 is 11.9 Å². The van der Waals surface area contributed by atoms with E-state index in [-0.39, 0.29) is 48.1 Å². The predicted molar refractivity (Wildman–Crippen MR) is 161 cm³/mol. The maximum Gasteiger partial charge on any atom is 0.339 e. The highest BCUT2D eigenvalue weighted by atomic mass is 32.2. The molecule has 40 heavy (non-hydrogen) atoms. The molecule has 0 aliphatic rings. The monoisotopic (exact) mass is 598 g/mol. The van der Waals surface area contributed by atoms with Gasteiger partial charge in [0.05, 0.1) is 49.4 Å². The molecule has 0 heterocycles. The summed E-state index contributed by atoms with van der Waals surface area (Å²) in [6.45, 7) is 8.88. The fraction of sp³-hybridized carbons (Fsp3) is 0.667. The number of hydrogen-bond acceptors (Lipinski definition) is 10. The van der Waals surface area contributed by atoms with Gasteiger partial charge in [-0.1, -0.05) is 26.0 Å². The third kappa shape index (κ3) is 14.4. The van der Waals surface area contributed by atoms with Crippen LogP contribution < -0.4 is 0 Å². The molecule has 0 saturated carbocycles. The van der Waals surface area contributed by atoms with Crippen LogP contribution in [0.25, 0.3) is 0 Å².